The molecule has 0 aliphatic rings. The predicted octanol–water partition coefficient (Wildman–Crippen LogP) is 3.85. The molecule has 1 unspecified atom stereocenters. The maximum absolute atomic E-state index is 13.4. The van der Waals surface area contributed by atoms with Crippen molar-refractivity contribution in [3.8, 4) is 0 Å². The Balaban J connectivity index is 1.52. The molecule has 0 saturated carbocycles. The number of para-hydroxylation sites is 1. The van der Waals surface area contributed by atoms with Gasteiger partial charge in [-0.2, -0.15) is 0 Å². The van der Waals surface area contributed by atoms with Crippen LogP contribution in [0.2, 0.25) is 0 Å². The van der Waals surface area contributed by atoms with Gasteiger partial charge in [-0.15, -0.1) is 0 Å². The summed E-state index contributed by atoms with van der Waals surface area (Å²) in [5, 5.41) is 14.6. The fraction of sp³-hybridized carbons (Fsp3) is 0.136. The lowest BCUT2D eigenvalue weighted by Crippen LogP contribution is -2.32. The minimum atomic E-state index is -0.634. The van der Waals surface area contributed by atoms with Crippen LogP contribution in [0.25, 0.3) is 21.8 Å². The van der Waals surface area contributed by atoms with Crippen LogP contribution in [0, 0.1) is 5.82 Å². The van der Waals surface area contributed by atoms with Crippen LogP contribution in [0.5, 0.6) is 0 Å². The zero-order valence-electron chi connectivity index (χ0n) is 14.6. The van der Waals surface area contributed by atoms with Crippen molar-refractivity contribution in [1.82, 2.24) is 10.3 Å². The van der Waals surface area contributed by atoms with Crippen molar-refractivity contribution in [3.63, 3.8) is 0 Å². The lowest BCUT2D eigenvalue weighted by atomic mass is 10.1. The zero-order chi connectivity index (χ0) is 18.8. The predicted molar refractivity (Wildman–Crippen MR) is 104 cm³/mol. The molecule has 0 radical (unpaired) electrons. The number of H-pyrrole nitrogens is 1. The summed E-state index contributed by atoms with van der Waals surface area (Å²) < 4.78 is 13.4. The fourth-order valence-electron chi connectivity index (χ4n) is 3.40. The Morgan fingerprint density at radius 2 is 1.81 bits per heavy atom. The van der Waals surface area contributed by atoms with Crippen LogP contribution >= 0.6 is 0 Å². The van der Waals surface area contributed by atoms with Gasteiger partial charge in [-0.1, -0.05) is 42.5 Å². The second-order valence-electron chi connectivity index (χ2n) is 6.58. The molecule has 3 N–H and O–H groups in total. The Hall–Kier alpha value is -3.18. The number of aromatic amines is 1. The number of aliphatic hydroxyl groups excluding tert-OH is 1. The number of halogens is 1. The van der Waals surface area contributed by atoms with Crippen molar-refractivity contribution in [3.05, 3.63) is 83.7 Å². The number of hydrogen-bond donors (Lipinski definition) is 3. The minimum absolute atomic E-state index is 0.178. The van der Waals surface area contributed by atoms with Gasteiger partial charge in [0.1, 0.15) is 5.82 Å². The highest BCUT2D eigenvalue weighted by atomic mass is 19.1. The third-order valence-corrected chi connectivity index (χ3v) is 4.70. The van der Waals surface area contributed by atoms with E-state index in [4.69, 9.17) is 0 Å². The van der Waals surface area contributed by atoms with E-state index in [-0.39, 0.29) is 18.9 Å². The highest BCUT2D eigenvalue weighted by molar-refractivity contribution is 6.07. The molecule has 1 amide bonds. The van der Waals surface area contributed by atoms with E-state index < -0.39 is 11.9 Å². The molecule has 0 aliphatic carbocycles. The summed E-state index contributed by atoms with van der Waals surface area (Å²) in [5.41, 5.74) is 3.44. The highest BCUT2D eigenvalue weighted by Gasteiger charge is 2.15. The van der Waals surface area contributed by atoms with E-state index in [1.165, 1.54) is 12.1 Å². The fourth-order valence-corrected chi connectivity index (χ4v) is 3.40. The summed E-state index contributed by atoms with van der Waals surface area (Å²) in [4.78, 5) is 15.8. The lowest BCUT2D eigenvalue weighted by molar-refractivity contribution is -0.121. The Kier molecular flexibility index (Phi) is 4.60. The van der Waals surface area contributed by atoms with E-state index in [9.17, 15) is 14.3 Å². The average molecular weight is 362 g/mol. The molecule has 4 aromatic rings. The third-order valence-electron chi connectivity index (χ3n) is 4.70. The van der Waals surface area contributed by atoms with Gasteiger partial charge in [-0.05, 0) is 35.4 Å². The first-order valence-electron chi connectivity index (χ1n) is 8.79. The molecule has 0 spiro atoms. The molecule has 3 aromatic carbocycles. The lowest BCUT2D eigenvalue weighted by Gasteiger charge is -2.17. The standard InChI is InChI=1S/C22H19FN2O2/c23-16-5-3-4-15(12-16)21(13-26)25-22(27)11-14-8-9-18-17-6-1-2-7-19(17)24-20(18)10-14/h1-10,12,21,24,26H,11,13H2,(H,25,27). The maximum Gasteiger partial charge on any atom is 0.224 e. The van der Waals surface area contributed by atoms with Crippen LogP contribution in [0.1, 0.15) is 17.2 Å². The summed E-state index contributed by atoms with van der Waals surface area (Å²) in [7, 11) is 0. The molecule has 5 heteroatoms. The molecule has 1 heterocycles. The SMILES string of the molecule is O=C(Cc1ccc2c(c1)[nH]c1ccccc12)NC(CO)c1cccc(F)c1. The Morgan fingerprint density at radius 3 is 2.63 bits per heavy atom. The summed E-state index contributed by atoms with van der Waals surface area (Å²) in [6.45, 7) is -0.295. The number of rotatable bonds is 5. The Labute approximate surface area is 155 Å². The summed E-state index contributed by atoms with van der Waals surface area (Å²) >= 11 is 0. The van der Waals surface area contributed by atoms with Gasteiger partial charge in [0.05, 0.1) is 19.1 Å². The highest BCUT2D eigenvalue weighted by Crippen LogP contribution is 2.26. The van der Waals surface area contributed by atoms with Gasteiger partial charge in [0.2, 0.25) is 5.91 Å². The molecule has 4 rings (SSSR count). The van der Waals surface area contributed by atoms with E-state index in [1.807, 2.05) is 36.4 Å². The van der Waals surface area contributed by atoms with Crippen molar-refractivity contribution in [2.45, 2.75) is 12.5 Å². The number of nitrogens with one attached hydrogen (secondary N) is 2. The molecular formula is C22H19FN2O2. The second-order valence-corrected chi connectivity index (χ2v) is 6.58. The molecule has 0 bridgehead atoms. The number of amides is 1. The smallest absolute Gasteiger partial charge is 0.224 e. The first-order chi connectivity index (χ1) is 13.1. The van der Waals surface area contributed by atoms with Gasteiger partial charge in [0, 0.05) is 21.8 Å². The topological polar surface area (TPSA) is 65.1 Å². The van der Waals surface area contributed by atoms with Crippen LogP contribution in [-0.4, -0.2) is 22.6 Å². The van der Waals surface area contributed by atoms with Crippen LogP contribution < -0.4 is 5.32 Å². The number of benzene rings is 3. The van der Waals surface area contributed by atoms with Gasteiger partial charge in [-0.3, -0.25) is 4.79 Å². The van der Waals surface area contributed by atoms with Gasteiger partial charge < -0.3 is 15.4 Å². The van der Waals surface area contributed by atoms with Gasteiger partial charge in [0.25, 0.3) is 0 Å². The summed E-state index contributed by atoms with van der Waals surface area (Å²) in [6, 6.07) is 19.2. The number of hydrogen-bond acceptors (Lipinski definition) is 2. The number of aromatic nitrogens is 1. The molecule has 0 fully saturated rings. The van der Waals surface area contributed by atoms with E-state index in [2.05, 4.69) is 16.4 Å². The minimum Gasteiger partial charge on any atom is -0.394 e. The van der Waals surface area contributed by atoms with Crippen molar-refractivity contribution < 1.29 is 14.3 Å². The zero-order valence-corrected chi connectivity index (χ0v) is 14.6. The summed E-state index contributed by atoms with van der Waals surface area (Å²) in [6.07, 6.45) is 0.178. The number of aliphatic hydroxyl groups is 1. The molecule has 0 saturated heterocycles. The van der Waals surface area contributed by atoms with E-state index in [0.29, 0.717) is 5.56 Å². The third kappa shape index (κ3) is 3.55. The first-order valence-corrected chi connectivity index (χ1v) is 8.79. The molecule has 4 nitrogen and oxygen atoms in total. The van der Waals surface area contributed by atoms with Gasteiger partial charge >= 0.3 is 0 Å². The summed E-state index contributed by atoms with van der Waals surface area (Å²) in [5.74, 6) is -0.627. The monoisotopic (exact) mass is 362 g/mol. The Morgan fingerprint density at radius 1 is 1.00 bits per heavy atom. The normalized spacial score (nSPS) is 12.4. The largest absolute Gasteiger partial charge is 0.394 e. The quantitative estimate of drug-likeness (QED) is 0.505. The van der Waals surface area contributed by atoms with Crippen molar-refractivity contribution in [1.29, 1.82) is 0 Å². The molecule has 0 aliphatic heterocycles. The molecular weight excluding hydrogens is 343 g/mol. The second kappa shape index (κ2) is 7.21. The molecule has 27 heavy (non-hydrogen) atoms. The van der Waals surface area contributed by atoms with Crippen LogP contribution in [-0.2, 0) is 11.2 Å². The number of carbonyl (C=O) groups excluding carboxylic acids is 1. The van der Waals surface area contributed by atoms with Crippen LogP contribution in [0.3, 0.4) is 0 Å². The average Bonchev–Trinajstić information content (AvgIpc) is 3.03. The van der Waals surface area contributed by atoms with Crippen molar-refractivity contribution in [2.75, 3.05) is 6.61 Å². The van der Waals surface area contributed by atoms with Gasteiger partial charge in [-0.25, -0.2) is 4.39 Å². The van der Waals surface area contributed by atoms with Gasteiger partial charge in [0.15, 0.2) is 0 Å². The molecule has 1 aromatic heterocycles. The maximum atomic E-state index is 13.4. The van der Waals surface area contributed by atoms with Crippen LogP contribution in [0.4, 0.5) is 4.39 Å². The molecule has 1 atom stereocenters. The first kappa shape index (κ1) is 17.2. The number of carbonyl (C=O) groups is 1. The van der Waals surface area contributed by atoms with E-state index in [0.717, 1.165) is 27.4 Å². The van der Waals surface area contributed by atoms with Crippen molar-refractivity contribution >= 4 is 27.7 Å². The van der Waals surface area contributed by atoms with Crippen LogP contribution in [0.15, 0.2) is 66.7 Å². The Bertz CT molecular complexity index is 1120. The number of fused-ring (bicyclic) bond motifs is 3. The van der Waals surface area contributed by atoms with Crippen molar-refractivity contribution in [2.24, 2.45) is 0 Å². The van der Waals surface area contributed by atoms with E-state index in [1.54, 1.807) is 12.1 Å². The molecule has 136 valence electrons. The van der Waals surface area contributed by atoms with E-state index >= 15 is 0 Å².